The quantitative estimate of drug-likeness (QED) is 0.904. The highest BCUT2D eigenvalue weighted by Gasteiger charge is 2.16. The van der Waals surface area contributed by atoms with Crippen LogP contribution in [0.1, 0.15) is 36.7 Å². The molecule has 122 valence electrons. The fourth-order valence-electron chi connectivity index (χ4n) is 1.86. The summed E-state index contributed by atoms with van der Waals surface area (Å²) >= 11 is 0. The summed E-state index contributed by atoms with van der Waals surface area (Å²) in [5.74, 6) is -0.569. The normalized spacial score (nSPS) is 11.1. The van der Waals surface area contributed by atoms with Crippen molar-refractivity contribution in [3.63, 3.8) is 0 Å². The molecule has 1 amide bonds. The largest absolute Gasteiger partial charge is 0.478 e. The molecular formula is C16H19N3O4. The van der Waals surface area contributed by atoms with Gasteiger partial charge in [-0.3, -0.25) is 10.00 Å². The Morgan fingerprint density at radius 3 is 2.43 bits per heavy atom. The number of aromatic carboxylic acids is 1. The molecular weight excluding hydrogens is 298 g/mol. The zero-order valence-corrected chi connectivity index (χ0v) is 13.2. The van der Waals surface area contributed by atoms with Crippen LogP contribution in [0, 0.1) is 0 Å². The first-order valence-corrected chi connectivity index (χ1v) is 7.09. The van der Waals surface area contributed by atoms with Crippen LogP contribution in [0.4, 0.5) is 10.6 Å². The lowest BCUT2D eigenvalue weighted by atomic mass is 10.1. The van der Waals surface area contributed by atoms with Crippen LogP contribution in [-0.4, -0.2) is 32.6 Å². The average molecular weight is 317 g/mol. The molecule has 7 heteroatoms. The van der Waals surface area contributed by atoms with Crippen LogP contribution < -0.4 is 5.32 Å². The van der Waals surface area contributed by atoms with Crippen molar-refractivity contribution in [1.82, 2.24) is 9.78 Å². The first-order chi connectivity index (χ1) is 10.7. The predicted octanol–water partition coefficient (Wildman–Crippen LogP) is 2.98. The number of carbonyl (C=O) groups excluding carboxylic acids is 1. The molecule has 23 heavy (non-hydrogen) atoms. The van der Waals surface area contributed by atoms with Crippen molar-refractivity contribution in [1.29, 1.82) is 0 Å². The third kappa shape index (κ3) is 5.14. The Kier molecular flexibility index (Phi) is 4.68. The summed E-state index contributed by atoms with van der Waals surface area (Å²) in [6, 6.07) is 8.20. The zero-order chi connectivity index (χ0) is 17.0. The van der Waals surface area contributed by atoms with Gasteiger partial charge in [-0.15, -0.1) is 0 Å². The molecule has 0 aliphatic heterocycles. The lowest BCUT2D eigenvalue weighted by molar-refractivity contribution is 0.0633. The molecule has 0 spiro atoms. The number of benzene rings is 1. The van der Waals surface area contributed by atoms with Crippen molar-refractivity contribution in [2.45, 2.75) is 32.9 Å². The summed E-state index contributed by atoms with van der Waals surface area (Å²) in [5.41, 5.74) is 0.571. The maximum atomic E-state index is 11.7. The summed E-state index contributed by atoms with van der Waals surface area (Å²) < 4.78 is 6.79. The molecule has 0 saturated carbocycles. The van der Waals surface area contributed by atoms with Crippen LogP contribution in [0.2, 0.25) is 0 Å². The molecule has 0 unspecified atom stereocenters. The van der Waals surface area contributed by atoms with Gasteiger partial charge in [-0.25, -0.2) is 9.59 Å². The van der Waals surface area contributed by atoms with Crippen molar-refractivity contribution < 1.29 is 19.4 Å². The fourth-order valence-corrected chi connectivity index (χ4v) is 1.86. The smallest absolute Gasteiger partial charge is 0.413 e. The van der Waals surface area contributed by atoms with Crippen molar-refractivity contribution in [3.8, 4) is 0 Å². The third-order valence-electron chi connectivity index (χ3n) is 2.82. The summed E-state index contributed by atoms with van der Waals surface area (Å²) in [4.78, 5) is 22.5. The van der Waals surface area contributed by atoms with E-state index in [0.717, 1.165) is 5.56 Å². The van der Waals surface area contributed by atoms with Gasteiger partial charge in [-0.2, -0.15) is 5.10 Å². The van der Waals surface area contributed by atoms with E-state index >= 15 is 0 Å². The molecule has 0 atom stereocenters. The second-order valence-corrected chi connectivity index (χ2v) is 6.03. The molecule has 1 aromatic heterocycles. The molecule has 1 aromatic carbocycles. The van der Waals surface area contributed by atoms with Crippen LogP contribution in [0.15, 0.2) is 36.5 Å². The molecule has 2 N–H and O–H groups in total. The number of hydrogen-bond acceptors (Lipinski definition) is 4. The second-order valence-electron chi connectivity index (χ2n) is 6.03. The summed E-state index contributed by atoms with van der Waals surface area (Å²) in [7, 11) is 0. The lowest BCUT2D eigenvalue weighted by Crippen LogP contribution is -2.27. The van der Waals surface area contributed by atoms with E-state index in [1.54, 1.807) is 62.0 Å². The lowest BCUT2D eigenvalue weighted by Gasteiger charge is -2.19. The monoisotopic (exact) mass is 317 g/mol. The highest BCUT2D eigenvalue weighted by Crippen LogP contribution is 2.11. The molecule has 2 rings (SSSR count). The summed E-state index contributed by atoms with van der Waals surface area (Å²) in [6.07, 6.45) is 1.16. The average Bonchev–Trinajstić information content (AvgIpc) is 2.84. The van der Waals surface area contributed by atoms with E-state index in [0.29, 0.717) is 12.4 Å². The van der Waals surface area contributed by atoms with E-state index in [9.17, 15) is 9.59 Å². The van der Waals surface area contributed by atoms with E-state index in [-0.39, 0.29) is 5.56 Å². The number of ether oxygens (including phenoxy) is 1. The van der Waals surface area contributed by atoms with Crippen molar-refractivity contribution in [3.05, 3.63) is 47.7 Å². The summed E-state index contributed by atoms with van der Waals surface area (Å²) in [5, 5.41) is 15.6. The van der Waals surface area contributed by atoms with Gasteiger partial charge in [0.1, 0.15) is 5.60 Å². The number of carboxylic acids is 1. The topological polar surface area (TPSA) is 93.5 Å². The molecule has 0 fully saturated rings. The minimum atomic E-state index is -0.959. The van der Waals surface area contributed by atoms with Crippen molar-refractivity contribution in [2.24, 2.45) is 0 Å². The van der Waals surface area contributed by atoms with Gasteiger partial charge in [0, 0.05) is 12.3 Å². The predicted molar refractivity (Wildman–Crippen MR) is 84.6 cm³/mol. The maximum Gasteiger partial charge on any atom is 0.413 e. The molecule has 2 aromatic rings. The van der Waals surface area contributed by atoms with Gasteiger partial charge in [0.25, 0.3) is 0 Å². The Labute approximate surface area is 133 Å². The molecule has 0 radical (unpaired) electrons. The minimum absolute atomic E-state index is 0.237. The van der Waals surface area contributed by atoms with Crippen LogP contribution >= 0.6 is 0 Å². The second kappa shape index (κ2) is 6.51. The van der Waals surface area contributed by atoms with Crippen LogP contribution in [0.25, 0.3) is 0 Å². The van der Waals surface area contributed by atoms with E-state index in [1.807, 2.05) is 0 Å². The van der Waals surface area contributed by atoms with Gasteiger partial charge < -0.3 is 9.84 Å². The minimum Gasteiger partial charge on any atom is -0.478 e. The number of rotatable bonds is 4. The number of anilines is 1. The zero-order valence-electron chi connectivity index (χ0n) is 13.2. The molecule has 1 heterocycles. The number of nitrogens with zero attached hydrogens (tertiary/aromatic N) is 2. The third-order valence-corrected chi connectivity index (χ3v) is 2.82. The molecule has 0 saturated heterocycles. The van der Waals surface area contributed by atoms with Crippen LogP contribution in [-0.2, 0) is 11.3 Å². The van der Waals surface area contributed by atoms with Gasteiger partial charge in [-0.1, -0.05) is 12.1 Å². The van der Waals surface area contributed by atoms with Gasteiger partial charge in [0.15, 0.2) is 5.82 Å². The molecule has 0 bridgehead atoms. The van der Waals surface area contributed by atoms with Gasteiger partial charge in [-0.05, 0) is 38.5 Å². The highest BCUT2D eigenvalue weighted by molar-refractivity contribution is 5.87. The first kappa shape index (κ1) is 16.5. The number of carboxylic acid groups (broad SMARTS) is 1. The number of nitrogens with one attached hydrogen (secondary N) is 1. The van der Waals surface area contributed by atoms with E-state index in [4.69, 9.17) is 9.84 Å². The van der Waals surface area contributed by atoms with Gasteiger partial charge in [0.2, 0.25) is 0 Å². The van der Waals surface area contributed by atoms with Crippen molar-refractivity contribution >= 4 is 17.9 Å². The Morgan fingerprint density at radius 1 is 1.22 bits per heavy atom. The van der Waals surface area contributed by atoms with E-state index < -0.39 is 17.7 Å². The van der Waals surface area contributed by atoms with Crippen molar-refractivity contribution in [2.75, 3.05) is 5.32 Å². The van der Waals surface area contributed by atoms with Crippen LogP contribution in [0.3, 0.4) is 0 Å². The van der Waals surface area contributed by atoms with E-state index in [2.05, 4.69) is 10.4 Å². The molecule has 7 nitrogen and oxygen atoms in total. The molecule has 0 aliphatic rings. The number of carbonyl (C=O) groups is 2. The maximum absolute atomic E-state index is 11.7. The SMILES string of the molecule is CC(C)(C)OC(=O)Nc1ccn(Cc2ccc(C(=O)O)cc2)n1. The standard InChI is InChI=1S/C16H19N3O4/c1-16(2,3)23-15(22)17-13-8-9-19(18-13)10-11-4-6-12(7-5-11)14(20)21/h4-9H,10H2,1-3H3,(H,20,21)(H,17,18,22). The van der Waals surface area contributed by atoms with Gasteiger partial charge in [0.05, 0.1) is 12.1 Å². The van der Waals surface area contributed by atoms with E-state index in [1.165, 1.54) is 0 Å². The summed E-state index contributed by atoms with van der Waals surface area (Å²) in [6.45, 7) is 5.82. The number of amides is 1. The Balaban J connectivity index is 1.96. The first-order valence-electron chi connectivity index (χ1n) is 7.09. The number of aromatic nitrogens is 2. The van der Waals surface area contributed by atoms with Crippen LogP contribution in [0.5, 0.6) is 0 Å². The fraction of sp³-hybridized carbons (Fsp3) is 0.312. The highest BCUT2D eigenvalue weighted by atomic mass is 16.6. The Morgan fingerprint density at radius 2 is 1.87 bits per heavy atom. The Bertz CT molecular complexity index is 699. The Hall–Kier alpha value is -2.83. The number of hydrogen-bond donors (Lipinski definition) is 2. The molecule has 0 aliphatic carbocycles. The van der Waals surface area contributed by atoms with Gasteiger partial charge >= 0.3 is 12.1 Å².